The lowest BCUT2D eigenvalue weighted by molar-refractivity contribution is -0.116. The number of amides is 2. The minimum Gasteiger partial charge on any atom is -0.444 e. The molecule has 0 saturated heterocycles. The molecule has 1 rings (SSSR count). The Labute approximate surface area is 189 Å². The van der Waals surface area contributed by atoms with E-state index in [0.717, 1.165) is 0 Å². The summed E-state index contributed by atoms with van der Waals surface area (Å²) in [5.74, 6) is 0.175. The molecule has 0 aromatic carbocycles. The molecule has 0 saturated carbocycles. The van der Waals surface area contributed by atoms with Crippen LogP contribution in [0.2, 0.25) is 0 Å². The van der Waals surface area contributed by atoms with Crippen molar-refractivity contribution in [3.05, 3.63) is 23.9 Å². The highest BCUT2D eigenvalue weighted by Gasteiger charge is 2.15. The summed E-state index contributed by atoms with van der Waals surface area (Å²) < 4.78 is 21.4. The van der Waals surface area contributed by atoms with E-state index < -0.39 is 11.7 Å². The highest BCUT2D eigenvalue weighted by molar-refractivity contribution is 5.90. The van der Waals surface area contributed by atoms with Gasteiger partial charge in [0.2, 0.25) is 5.91 Å². The molecular formula is C22H35N3O7. The van der Waals surface area contributed by atoms with Crippen molar-refractivity contribution in [2.24, 2.45) is 0 Å². The van der Waals surface area contributed by atoms with E-state index in [1.807, 2.05) is 20.8 Å². The second kappa shape index (κ2) is 16.1. The topological polar surface area (TPSA) is 125 Å². The number of carbonyl (C=O) groups is 3. The molecule has 0 radical (unpaired) electrons. The van der Waals surface area contributed by atoms with Crippen LogP contribution >= 0.6 is 0 Å². The zero-order valence-electron chi connectivity index (χ0n) is 19.2. The summed E-state index contributed by atoms with van der Waals surface area (Å²) >= 11 is 0. The van der Waals surface area contributed by atoms with Crippen molar-refractivity contribution in [3.63, 3.8) is 0 Å². The van der Waals surface area contributed by atoms with Crippen molar-refractivity contribution in [2.45, 2.75) is 45.6 Å². The molecule has 0 atom stereocenters. The summed E-state index contributed by atoms with van der Waals surface area (Å²) in [6.45, 7) is 8.70. The van der Waals surface area contributed by atoms with E-state index in [1.165, 1.54) is 12.3 Å². The van der Waals surface area contributed by atoms with Gasteiger partial charge in [0.1, 0.15) is 17.7 Å². The van der Waals surface area contributed by atoms with Crippen molar-refractivity contribution in [3.8, 4) is 0 Å². The zero-order valence-corrected chi connectivity index (χ0v) is 19.2. The largest absolute Gasteiger partial charge is 0.444 e. The first-order chi connectivity index (χ1) is 15.3. The van der Waals surface area contributed by atoms with Crippen molar-refractivity contribution in [1.82, 2.24) is 10.3 Å². The number of alkyl carbamates (subject to hydrolysis) is 1. The molecule has 0 fully saturated rings. The highest BCUT2D eigenvalue weighted by Crippen LogP contribution is 2.07. The van der Waals surface area contributed by atoms with Crippen LogP contribution in [0.15, 0.2) is 18.3 Å². The van der Waals surface area contributed by atoms with Gasteiger partial charge in [0.15, 0.2) is 0 Å². The van der Waals surface area contributed by atoms with Gasteiger partial charge in [-0.3, -0.25) is 9.59 Å². The monoisotopic (exact) mass is 453 g/mol. The maximum Gasteiger partial charge on any atom is 0.407 e. The summed E-state index contributed by atoms with van der Waals surface area (Å²) in [5, 5.41) is 5.31. The summed E-state index contributed by atoms with van der Waals surface area (Å²) in [6, 6.07) is 3.08. The van der Waals surface area contributed by atoms with E-state index in [1.54, 1.807) is 6.07 Å². The summed E-state index contributed by atoms with van der Waals surface area (Å²) in [7, 11) is 0. The Hall–Kier alpha value is -2.56. The number of pyridine rings is 1. The van der Waals surface area contributed by atoms with Gasteiger partial charge in [-0.25, -0.2) is 9.78 Å². The molecule has 0 aliphatic carbocycles. The smallest absolute Gasteiger partial charge is 0.407 e. The molecule has 32 heavy (non-hydrogen) atoms. The lowest BCUT2D eigenvalue weighted by Crippen LogP contribution is -2.33. The van der Waals surface area contributed by atoms with Gasteiger partial charge in [-0.15, -0.1) is 0 Å². The minimum atomic E-state index is -0.500. The van der Waals surface area contributed by atoms with Crippen LogP contribution in [-0.4, -0.2) is 75.1 Å². The van der Waals surface area contributed by atoms with Crippen LogP contribution in [0.1, 0.15) is 50.4 Å². The molecule has 0 bridgehead atoms. The van der Waals surface area contributed by atoms with Crippen molar-refractivity contribution in [1.29, 1.82) is 0 Å². The molecule has 0 unspecified atom stereocenters. The Morgan fingerprint density at radius 2 is 1.62 bits per heavy atom. The van der Waals surface area contributed by atoms with Crippen LogP contribution in [0.4, 0.5) is 10.6 Å². The predicted molar refractivity (Wildman–Crippen MR) is 119 cm³/mol. The average Bonchev–Trinajstić information content (AvgIpc) is 2.72. The van der Waals surface area contributed by atoms with E-state index in [0.29, 0.717) is 83.1 Å². The van der Waals surface area contributed by atoms with Gasteiger partial charge < -0.3 is 29.6 Å². The summed E-state index contributed by atoms with van der Waals surface area (Å²) in [6.07, 6.45) is 3.30. The zero-order chi connectivity index (χ0) is 23.7. The van der Waals surface area contributed by atoms with Crippen LogP contribution in [0.3, 0.4) is 0 Å². The number of anilines is 1. The summed E-state index contributed by atoms with van der Waals surface area (Å²) in [5.41, 5.74) is -0.0428. The van der Waals surface area contributed by atoms with Gasteiger partial charge in [0.05, 0.1) is 26.4 Å². The van der Waals surface area contributed by atoms with Crippen molar-refractivity contribution in [2.75, 3.05) is 51.5 Å². The average molecular weight is 454 g/mol. The fourth-order valence-corrected chi connectivity index (χ4v) is 2.35. The molecule has 180 valence electrons. The third kappa shape index (κ3) is 15.3. The number of rotatable bonds is 16. The summed E-state index contributed by atoms with van der Waals surface area (Å²) in [4.78, 5) is 38.0. The number of carbonyl (C=O) groups excluding carboxylic acids is 3. The van der Waals surface area contributed by atoms with Crippen molar-refractivity contribution < 1.29 is 33.3 Å². The number of hydrogen-bond acceptors (Lipinski definition) is 8. The predicted octanol–water partition coefficient (Wildman–Crippen LogP) is 2.58. The van der Waals surface area contributed by atoms with Crippen LogP contribution in [0.25, 0.3) is 0 Å². The molecule has 1 heterocycles. The maximum absolute atomic E-state index is 11.8. The number of nitrogens with zero attached hydrogens (tertiary/aromatic N) is 1. The number of nitrogens with one attached hydrogen (secondary N) is 2. The molecule has 0 aliphatic heterocycles. The molecule has 2 amide bonds. The molecule has 10 nitrogen and oxygen atoms in total. The molecular weight excluding hydrogens is 418 g/mol. The van der Waals surface area contributed by atoms with Crippen LogP contribution in [-0.2, 0) is 23.7 Å². The minimum absolute atomic E-state index is 0.182. The van der Waals surface area contributed by atoms with Gasteiger partial charge in [-0.2, -0.15) is 0 Å². The Morgan fingerprint density at radius 3 is 2.25 bits per heavy atom. The fraction of sp³-hybridized carbons (Fsp3) is 0.636. The van der Waals surface area contributed by atoms with Gasteiger partial charge >= 0.3 is 6.09 Å². The number of hydrogen-bond donors (Lipinski definition) is 2. The highest BCUT2D eigenvalue weighted by atomic mass is 16.6. The van der Waals surface area contributed by atoms with E-state index in [4.69, 9.17) is 18.9 Å². The normalized spacial score (nSPS) is 11.1. The first-order valence-corrected chi connectivity index (χ1v) is 10.7. The fourth-order valence-electron chi connectivity index (χ4n) is 2.35. The van der Waals surface area contributed by atoms with Crippen LogP contribution in [0.5, 0.6) is 0 Å². The molecule has 1 aromatic rings. The molecule has 0 aliphatic rings. The second-order valence-corrected chi connectivity index (χ2v) is 7.86. The van der Waals surface area contributed by atoms with Crippen molar-refractivity contribution >= 4 is 24.1 Å². The van der Waals surface area contributed by atoms with Crippen LogP contribution < -0.4 is 10.6 Å². The number of ether oxygens (including phenoxy) is 4. The molecule has 10 heteroatoms. The Kier molecular flexibility index (Phi) is 13.8. The molecule has 1 aromatic heterocycles. The van der Waals surface area contributed by atoms with Gasteiger partial charge in [0.25, 0.3) is 0 Å². The first-order valence-electron chi connectivity index (χ1n) is 10.7. The second-order valence-electron chi connectivity index (χ2n) is 7.86. The third-order valence-electron chi connectivity index (χ3n) is 3.76. The Morgan fingerprint density at radius 1 is 1.00 bits per heavy atom. The van der Waals surface area contributed by atoms with E-state index in [9.17, 15) is 14.4 Å². The standard InChI is InChI=1S/C22H35N3O7/c1-22(2,3)32-21(28)24-8-5-11-30-13-15-31-14-12-29-10-4-6-20(27)25-19-16-18(17-26)7-9-23-19/h7,9,16-17H,4-6,8,10-15H2,1-3H3,(H,24,28)(H,23,25,27). The molecule has 0 spiro atoms. The Bertz CT molecular complexity index is 692. The first kappa shape index (κ1) is 27.5. The number of aromatic nitrogens is 1. The third-order valence-corrected chi connectivity index (χ3v) is 3.76. The van der Waals surface area contributed by atoms with Gasteiger partial charge in [-0.1, -0.05) is 0 Å². The Balaban J connectivity index is 1.86. The molecule has 2 N–H and O–H groups in total. The van der Waals surface area contributed by atoms with E-state index in [-0.39, 0.29) is 5.91 Å². The van der Waals surface area contributed by atoms with Gasteiger partial charge in [0, 0.05) is 37.9 Å². The maximum atomic E-state index is 11.8. The number of aldehydes is 1. The van der Waals surface area contributed by atoms with Gasteiger partial charge in [-0.05, 0) is 45.7 Å². The quantitative estimate of drug-likeness (QED) is 0.289. The lowest BCUT2D eigenvalue weighted by Gasteiger charge is -2.19. The SMILES string of the molecule is CC(C)(C)OC(=O)NCCCOCCOCCOCCCC(=O)Nc1cc(C=O)ccn1. The van der Waals surface area contributed by atoms with E-state index >= 15 is 0 Å². The lowest BCUT2D eigenvalue weighted by atomic mass is 10.2. The van der Waals surface area contributed by atoms with Crippen LogP contribution in [0, 0.1) is 0 Å². The van der Waals surface area contributed by atoms with E-state index in [2.05, 4.69) is 15.6 Å².